The van der Waals surface area contributed by atoms with E-state index < -0.39 is 11.9 Å². The number of carbonyl (C=O) groups excluding carboxylic acids is 2. The maximum absolute atomic E-state index is 14.9. The van der Waals surface area contributed by atoms with Gasteiger partial charge in [0.15, 0.2) is 5.78 Å². The molecular formula is C34H39ClFN3O3. The Morgan fingerprint density at radius 3 is 2.31 bits per heavy atom. The number of amides is 1. The monoisotopic (exact) mass is 591 g/mol. The van der Waals surface area contributed by atoms with Gasteiger partial charge in [-0.1, -0.05) is 54.6 Å². The van der Waals surface area contributed by atoms with Crippen LogP contribution in [0, 0.1) is 17.2 Å². The zero-order valence-corrected chi connectivity index (χ0v) is 24.8. The molecule has 6 rings (SSSR count). The van der Waals surface area contributed by atoms with Crippen molar-refractivity contribution in [2.24, 2.45) is 11.3 Å². The van der Waals surface area contributed by atoms with Crippen molar-refractivity contribution in [2.75, 3.05) is 39.8 Å². The van der Waals surface area contributed by atoms with E-state index in [-0.39, 0.29) is 46.9 Å². The molecule has 0 aliphatic carbocycles. The molecule has 1 N–H and O–H groups in total. The minimum Gasteiger partial charge on any atom is -0.497 e. The third kappa shape index (κ3) is 5.83. The number of ether oxygens (including phenoxy) is 1. The maximum Gasteiger partial charge on any atom is 0.229 e. The van der Waals surface area contributed by atoms with Crippen molar-refractivity contribution >= 4 is 24.1 Å². The zero-order valence-electron chi connectivity index (χ0n) is 24.0. The number of halogens is 2. The first-order chi connectivity index (χ1) is 20.0. The lowest BCUT2D eigenvalue weighted by atomic mass is 9.74. The van der Waals surface area contributed by atoms with Crippen molar-refractivity contribution < 1.29 is 18.7 Å². The number of hydrogen-bond acceptors (Lipinski definition) is 5. The van der Waals surface area contributed by atoms with Gasteiger partial charge in [-0.15, -0.1) is 12.4 Å². The van der Waals surface area contributed by atoms with Gasteiger partial charge in [-0.25, -0.2) is 4.39 Å². The SMILES string of the molecule is COc1ccc(CN2CCC3(CCN(C(C(=O)c4ccccc4F)[C@@H]4CNC[C@@H]4c4ccccc4)CC3)C2=O)cc1.Cl. The van der Waals surface area contributed by atoms with Crippen molar-refractivity contribution in [1.29, 1.82) is 0 Å². The molecule has 3 aliphatic heterocycles. The second-order valence-electron chi connectivity index (χ2n) is 11.8. The molecular weight excluding hydrogens is 553 g/mol. The second kappa shape index (κ2) is 12.9. The molecule has 1 spiro atoms. The Kier molecular flexibility index (Phi) is 9.31. The molecule has 3 saturated heterocycles. The summed E-state index contributed by atoms with van der Waals surface area (Å²) in [7, 11) is 1.65. The molecule has 3 heterocycles. The first kappa shape index (κ1) is 30.2. The molecule has 3 atom stereocenters. The molecule has 3 fully saturated rings. The minimum atomic E-state index is -0.474. The summed E-state index contributed by atoms with van der Waals surface area (Å²) in [6, 6.07) is 24.1. The van der Waals surface area contributed by atoms with Crippen LogP contribution in [0.15, 0.2) is 78.9 Å². The van der Waals surface area contributed by atoms with Gasteiger partial charge in [0.25, 0.3) is 0 Å². The summed E-state index contributed by atoms with van der Waals surface area (Å²) in [5.41, 5.74) is 2.05. The molecule has 1 unspecified atom stereocenters. The summed E-state index contributed by atoms with van der Waals surface area (Å²) < 4.78 is 20.2. The predicted octanol–water partition coefficient (Wildman–Crippen LogP) is 5.33. The molecule has 42 heavy (non-hydrogen) atoms. The lowest BCUT2D eigenvalue weighted by molar-refractivity contribution is -0.139. The maximum atomic E-state index is 14.9. The van der Waals surface area contributed by atoms with Crippen LogP contribution in [0.3, 0.4) is 0 Å². The highest BCUT2D eigenvalue weighted by atomic mass is 35.5. The van der Waals surface area contributed by atoms with E-state index in [1.54, 1.807) is 25.3 Å². The van der Waals surface area contributed by atoms with E-state index >= 15 is 0 Å². The number of hydrogen-bond donors (Lipinski definition) is 1. The van der Waals surface area contributed by atoms with E-state index in [0.717, 1.165) is 30.8 Å². The molecule has 3 aromatic carbocycles. The van der Waals surface area contributed by atoms with E-state index in [0.29, 0.717) is 39.0 Å². The van der Waals surface area contributed by atoms with Crippen molar-refractivity contribution in [1.82, 2.24) is 15.1 Å². The van der Waals surface area contributed by atoms with E-state index in [9.17, 15) is 14.0 Å². The largest absolute Gasteiger partial charge is 0.497 e. The Balaban J connectivity index is 0.00000353. The molecule has 3 aromatic rings. The van der Waals surface area contributed by atoms with Gasteiger partial charge in [-0.05, 0) is 67.7 Å². The van der Waals surface area contributed by atoms with Crippen LogP contribution in [-0.4, -0.2) is 67.4 Å². The molecule has 3 aliphatic rings. The molecule has 0 bridgehead atoms. The molecule has 0 radical (unpaired) electrons. The summed E-state index contributed by atoms with van der Waals surface area (Å²) >= 11 is 0. The fraction of sp³-hybridized carbons (Fsp3) is 0.412. The average molecular weight is 592 g/mol. The predicted molar refractivity (Wildman–Crippen MR) is 164 cm³/mol. The lowest BCUT2D eigenvalue weighted by Crippen LogP contribution is -2.54. The van der Waals surface area contributed by atoms with Gasteiger partial charge < -0.3 is 15.0 Å². The van der Waals surface area contributed by atoms with Crippen LogP contribution in [-0.2, 0) is 11.3 Å². The zero-order chi connectivity index (χ0) is 28.4. The number of carbonyl (C=O) groups is 2. The topological polar surface area (TPSA) is 61.9 Å². The quantitative estimate of drug-likeness (QED) is 0.359. The summed E-state index contributed by atoms with van der Waals surface area (Å²) in [6.07, 6.45) is 2.25. The van der Waals surface area contributed by atoms with Crippen LogP contribution in [0.2, 0.25) is 0 Å². The van der Waals surface area contributed by atoms with Crippen molar-refractivity contribution in [2.45, 2.75) is 37.8 Å². The number of likely N-dealkylation sites (tertiary alicyclic amines) is 2. The highest BCUT2D eigenvalue weighted by molar-refractivity contribution is 6.00. The Hall–Kier alpha value is -3.26. The fourth-order valence-electron chi connectivity index (χ4n) is 7.24. The number of nitrogens with zero attached hydrogens (tertiary/aromatic N) is 2. The molecule has 1 amide bonds. The summed E-state index contributed by atoms with van der Waals surface area (Å²) in [6.45, 7) is 4.10. The number of nitrogens with one attached hydrogen (secondary N) is 1. The number of piperidine rings is 1. The van der Waals surface area contributed by atoms with Crippen LogP contribution in [0.1, 0.15) is 46.7 Å². The Morgan fingerprint density at radius 1 is 0.952 bits per heavy atom. The Bertz CT molecular complexity index is 1380. The second-order valence-corrected chi connectivity index (χ2v) is 11.8. The highest BCUT2D eigenvalue weighted by Crippen LogP contribution is 2.44. The van der Waals surface area contributed by atoms with Gasteiger partial charge in [-0.3, -0.25) is 14.5 Å². The van der Waals surface area contributed by atoms with Crippen LogP contribution >= 0.6 is 12.4 Å². The number of benzene rings is 3. The summed E-state index contributed by atoms with van der Waals surface area (Å²) in [5, 5.41) is 3.51. The van der Waals surface area contributed by atoms with Crippen LogP contribution in [0.5, 0.6) is 5.75 Å². The molecule has 8 heteroatoms. The van der Waals surface area contributed by atoms with Gasteiger partial charge >= 0.3 is 0 Å². The van der Waals surface area contributed by atoms with Gasteiger partial charge in [0, 0.05) is 38.0 Å². The first-order valence-electron chi connectivity index (χ1n) is 14.7. The number of methoxy groups -OCH3 is 1. The summed E-state index contributed by atoms with van der Waals surface area (Å²) in [5.74, 6) is 0.544. The lowest BCUT2D eigenvalue weighted by Gasteiger charge is -2.43. The molecule has 6 nitrogen and oxygen atoms in total. The van der Waals surface area contributed by atoms with Crippen molar-refractivity contribution in [3.05, 3.63) is 101 Å². The van der Waals surface area contributed by atoms with E-state index in [1.165, 1.54) is 11.6 Å². The number of Topliss-reactive ketones (excluding diaryl/α,β-unsaturated/α-hetero) is 1. The third-order valence-corrected chi connectivity index (χ3v) is 9.58. The smallest absolute Gasteiger partial charge is 0.229 e. The highest BCUT2D eigenvalue weighted by Gasteiger charge is 2.51. The van der Waals surface area contributed by atoms with Crippen molar-refractivity contribution in [3.63, 3.8) is 0 Å². The minimum absolute atomic E-state index is 0. The molecule has 222 valence electrons. The average Bonchev–Trinajstić information content (AvgIpc) is 3.61. The van der Waals surface area contributed by atoms with Gasteiger partial charge in [0.05, 0.1) is 24.1 Å². The third-order valence-electron chi connectivity index (χ3n) is 9.58. The molecule has 0 aromatic heterocycles. The number of ketones is 1. The van der Waals surface area contributed by atoms with Crippen LogP contribution in [0.4, 0.5) is 4.39 Å². The first-order valence-corrected chi connectivity index (χ1v) is 14.7. The van der Waals surface area contributed by atoms with E-state index in [4.69, 9.17) is 4.74 Å². The standard InChI is InChI=1S/C34H38FN3O3.ClH/c1-41-26-13-11-24(12-14-26)23-38-20-17-34(33(38)40)15-18-37(19-16-34)31(32(39)27-9-5-6-10-30(27)35)29-22-36-21-28(29)25-7-3-2-4-8-25;/h2-14,28-29,31,36H,15-23H2,1H3;1H/t28-,29-,31?;/m1./s1. The summed E-state index contributed by atoms with van der Waals surface area (Å²) in [4.78, 5) is 32.1. The Morgan fingerprint density at radius 2 is 1.62 bits per heavy atom. The Labute approximate surface area is 253 Å². The van der Waals surface area contributed by atoms with Gasteiger partial charge in [0.1, 0.15) is 11.6 Å². The van der Waals surface area contributed by atoms with Crippen LogP contribution < -0.4 is 10.1 Å². The normalized spacial score (nSPS) is 22.6. The van der Waals surface area contributed by atoms with Crippen molar-refractivity contribution in [3.8, 4) is 5.75 Å². The van der Waals surface area contributed by atoms with Gasteiger partial charge in [-0.2, -0.15) is 0 Å². The van der Waals surface area contributed by atoms with E-state index in [2.05, 4.69) is 22.3 Å². The number of rotatable bonds is 8. The van der Waals surface area contributed by atoms with Gasteiger partial charge in [0.2, 0.25) is 5.91 Å². The van der Waals surface area contributed by atoms with E-state index in [1.807, 2.05) is 47.4 Å². The molecule has 0 saturated carbocycles. The van der Waals surface area contributed by atoms with Crippen LogP contribution in [0.25, 0.3) is 0 Å². The fourth-order valence-corrected chi connectivity index (χ4v) is 7.24.